The molecule has 1 amide bonds. The Morgan fingerprint density at radius 1 is 1.11 bits per heavy atom. The van der Waals surface area contributed by atoms with Crippen molar-refractivity contribution in [3.8, 4) is 0 Å². The number of nitrogens with zero attached hydrogens (tertiary/aromatic N) is 1. The summed E-state index contributed by atoms with van der Waals surface area (Å²) in [5.41, 5.74) is 0. The van der Waals surface area contributed by atoms with Gasteiger partial charge >= 0.3 is 0 Å². The van der Waals surface area contributed by atoms with Crippen molar-refractivity contribution in [1.29, 1.82) is 0 Å². The number of hydrogen-bond donors (Lipinski definition) is 1. The van der Waals surface area contributed by atoms with Crippen molar-refractivity contribution in [2.24, 2.45) is 23.7 Å². The van der Waals surface area contributed by atoms with Crippen LogP contribution in [0.15, 0.2) is 0 Å². The topological polar surface area (TPSA) is 32.3 Å². The lowest BCUT2D eigenvalue weighted by atomic mass is 9.79. The minimum Gasteiger partial charge on any atom is -0.342 e. The Morgan fingerprint density at radius 3 is 2.58 bits per heavy atom. The standard InChI is InChI=1S/C16H28N2O/c1-2-12-3-5-13(6-4-12)16(19)18-8-7-14-9-17-10-15(14)11-18/h12-15,17H,2-11H2,1H3. The molecule has 1 aliphatic carbocycles. The molecule has 0 aromatic rings. The maximum atomic E-state index is 12.6. The lowest BCUT2D eigenvalue weighted by molar-refractivity contribution is -0.139. The predicted octanol–water partition coefficient (Wildman–Crippen LogP) is 2.27. The second-order valence-electron chi connectivity index (χ2n) is 6.88. The molecule has 3 heteroatoms. The van der Waals surface area contributed by atoms with Crippen LogP contribution in [-0.4, -0.2) is 37.0 Å². The van der Waals surface area contributed by atoms with Crippen molar-refractivity contribution in [1.82, 2.24) is 10.2 Å². The maximum absolute atomic E-state index is 12.6. The molecule has 2 heterocycles. The van der Waals surface area contributed by atoms with Gasteiger partial charge in [-0.3, -0.25) is 4.79 Å². The molecule has 0 radical (unpaired) electrons. The SMILES string of the molecule is CCC1CCC(C(=O)N2CCC3CNCC3C2)CC1. The van der Waals surface area contributed by atoms with E-state index in [9.17, 15) is 4.79 Å². The van der Waals surface area contributed by atoms with Gasteiger partial charge < -0.3 is 10.2 Å². The normalized spacial score (nSPS) is 39.1. The Labute approximate surface area is 117 Å². The number of rotatable bonds is 2. The summed E-state index contributed by atoms with van der Waals surface area (Å²) in [5.74, 6) is 3.26. The van der Waals surface area contributed by atoms with Crippen LogP contribution in [0.25, 0.3) is 0 Å². The molecule has 0 aromatic carbocycles. The van der Waals surface area contributed by atoms with Crippen LogP contribution in [0.5, 0.6) is 0 Å². The average molecular weight is 264 g/mol. The molecule has 3 fully saturated rings. The Balaban J connectivity index is 1.53. The van der Waals surface area contributed by atoms with Crippen LogP contribution in [-0.2, 0) is 4.79 Å². The highest BCUT2D eigenvalue weighted by Crippen LogP contribution is 2.33. The lowest BCUT2D eigenvalue weighted by Gasteiger charge is -2.38. The second-order valence-corrected chi connectivity index (χ2v) is 6.88. The first-order chi connectivity index (χ1) is 9.28. The molecule has 3 aliphatic rings. The first-order valence-corrected chi connectivity index (χ1v) is 8.27. The molecule has 19 heavy (non-hydrogen) atoms. The minimum atomic E-state index is 0.341. The Hall–Kier alpha value is -0.570. The number of carbonyl (C=O) groups is 1. The monoisotopic (exact) mass is 264 g/mol. The lowest BCUT2D eigenvalue weighted by Crippen LogP contribution is -2.46. The predicted molar refractivity (Wildman–Crippen MR) is 76.8 cm³/mol. The molecular formula is C16H28N2O. The van der Waals surface area contributed by atoms with Gasteiger partial charge in [0.05, 0.1) is 0 Å². The van der Waals surface area contributed by atoms with Crippen LogP contribution in [0.4, 0.5) is 0 Å². The van der Waals surface area contributed by atoms with E-state index in [0.717, 1.165) is 50.2 Å². The zero-order valence-electron chi connectivity index (χ0n) is 12.2. The van der Waals surface area contributed by atoms with Crippen molar-refractivity contribution in [2.45, 2.75) is 45.4 Å². The fourth-order valence-corrected chi connectivity index (χ4v) is 4.31. The van der Waals surface area contributed by atoms with Gasteiger partial charge in [-0.15, -0.1) is 0 Å². The highest BCUT2D eigenvalue weighted by molar-refractivity contribution is 5.79. The van der Waals surface area contributed by atoms with Gasteiger partial charge in [-0.1, -0.05) is 13.3 Å². The number of piperidine rings is 1. The molecule has 0 aromatic heterocycles. The highest BCUT2D eigenvalue weighted by atomic mass is 16.2. The summed E-state index contributed by atoms with van der Waals surface area (Å²) in [6, 6.07) is 0. The Kier molecular flexibility index (Phi) is 4.11. The van der Waals surface area contributed by atoms with Crippen LogP contribution in [0.3, 0.4) is 0 Å². The maximum Gasteiger partial charge on any atom is 0.225 e. The third-order valence-corrected chi connectivity index (χ3v) is 5.79. The van der Waals surface area contributed by atoms with Crippen molar-refractivity contribution >= 4 is 5.91 Å². The summed E-state index contributed by atoms with van der Waals surface area (Å²) in [4.78, 5) is 14.8. The largest absolute Gasteiger partial charge is 0.342 e. The summed E-state index contributed by atoms with van der Waals surface area (Å²) in [7, 11) is 0. The molecule has 2 atom stereocenters. The number of nitrogens with one attached hydrogen (secondary N) is 1. The van der Waals surface area contributed by atoms with E-state index in [-0.39, 0.29) is 0 Å². The Bertz CT molecular complexity index is 323. The van der Waals surface area contributed by atoms with E-state index in [1.54, 1.807) is 0 Å². The highest BCUT2D eigenvalue weighted by Gasteiger charge is 2.37. The van der Waals surface area contributed by atoms with E-state index in [2.05, 4.69) is 17.1 Å². The van der Waals surface area contributed by atoms with Crippen LogP contribution in [0.1, 0.15) is 45.4 Å². The number of hydrogen-bond acceptors (Lipinski definition) is 2. The van der Waals surface area contributed by atoms with Crippen LogP contribution in [0.2, 0.25) is 0 Å². The van der Waals surface area contributed by atoms with Crippen molar-refractivity contribution in [3.63, 3.8) is 0 Å². The number of likely N-dealkylation sites (tertiary alicyclic amines) is 1. The molecule has 0 bridgehead atoms. The smallest absolute Gasteiger partial charge is 0.225 e. The Morgan fingerprint density at radius 2 is 1.84 bits per heavy atom. The van der Waals surface area contributed by atoms with Gasteiger partial charge in [0, 0.05) is 19.0 Å². The van der Waals surface area contributed by atoms with Gasteiger partial charge in [-0.05, 0) is 62.9 Å². The molecule has 2 saturated heterocycles. The molecule has 108 valence electrons. The molecule has 0 spiro atoms. The molecular weight excluding hydrogens is 236 g/mol. The number of carbonyl (C=O) groups excluding carboxylic acids is 1. The molecule has 2 aliphatic heterocycles. The minimum absolute atomic E-state index is 0.341. The molecule has 3 nitrogen and oxygen atoms in total. The third-order valence-electron chi connectivity index (χ3n) is 5.79. The van der Waals surface area contributed by atoms with E-state index >= 15 is 0 Å². The molecule has 3 rings (SSSR count). The first-order valence-electron chi connectivity index (χ1n) is 8.27. The summed E-state index contributed by atoms with van der Waals surface area (Å²) in [6.45, 7) is 6.61. The fourth-order valence-electron chi connectivity index (χ4n) is 4.31. The van der Waals surface area contributed by atoms with Crippen LogP contribution >= 0.6 is 0 Å². The van der Waals surface area contributed by atoms with E-state index in [1.807, 2.05) is 0 Å². The van der Waals surface area contributed by atoms with Gasteiger partial charge in [0.25, 0.3) is 0 Å². The van der Waals surface area contributed by atoms with Crippen LogP contribution < -0.4 is 5.32 Å². The third kappa shape index (κ3) is 2.81. The van der Waals surface area contributed by atoms with Gasteiger partial charge in [0.2, 0.25) is 5.91 Å². The van der Waals surface area contributed by atoms with Crippen molar-refractivity contribution in [3.05, 3.63) is 0 Å². The van der Waals surface area contributed by atoms with Gasteiger partial charge in [-0.25, -0.2) is 0 Å². The molecule has 2 unspecified atom stereocenters. The van der Waals surface area contributed by atoms with E-state index < -0.39 is 0 Å². The zero-order valence-corrected chi connectivity index (χ0v) is 12.2. The summed E-state index contributed by atoms with van der Waals surface area (Å²) in [6.07, 6.45) is 7.33. The summed E-state index contributed by atoms with van der Waals surface area (Å²) >= 11 is 0. The zero-order chi connectivity index (χ0) is 13.2. The van der Waals surface area contributed by atoms with Crippen LogP contribution in [0, 0.1) is 23.7 Å². The van der Waals surface area contributed by atoms with Gasteiger partial charge in [-0.2, -0.15) is 0 Å². The number of fused-ring (bicyclic) bond motifs is 1. The van der Waals surface area contributed by atoms with E-state index in [1.165, 1.54) is 32.2 Å². The summed E-state index contributed by atoms with van der Waals surface area (Å²) in [5, 5.41) is 3.48. The van der Waals surface area contributed by atoms with Crippen molar-refractivity contribution in [2.75, 3.05) is 26.2 Å². The second kappa shape index (κ2) is 5.82. The summed E-state index contributed by atoms with van der Waals surface area (Å²) < 4.78 is 0. The van der Waals surface area contributed by atoms with E-state index in [0.29, 0.717) is 11.8 Å². The number of amides is 1. The molecule has 1 N–H and O–H groups in total. The van der Waals surface area contributed by atoms with Gasteiger partial charge in [0.1, 0.15) is 0 Å². The van der Waals surface area contributed by atoms with Gasteiger partial charge in [0.15, 0.2) is 0 Å². The first kappa shape index (κ1) is 13.4. The quantitative estimate of drug-likeness (QED) is 0.830. The average Bonchev–Trinajstić information content (AvgIpc) is 2.94. The fraction of sp³-hybridized carbons (Fsp3) is 0.938. The van der Waals surface area contributed by atoms with E-state index in [4.69, 9.17) is 0 Å². The molecule has 1 saturated carbocycles. The van der Waals surface area contributed by atoms with Crippen molar-refractivity contribution < 1.29 is 4.79 Å².